The van der Waals surface area contributed by atoms with Gasteiger partial charge >= 0.3 is 6.18 Å². The molecule has 1 aromatic carbocycles. The van der Waals surface area contributed by atoms with Gasteiger partial charge < -0.3 is 16.2 Å². The molecule has 186 valence electrons. The number of hydrogen-bond acceptors (Lipinski definition) is 4. The molecule has 0 aromatic heterocycles. The molecule has 8 heteroatoms. The topological polar surface area (TPSA) is 92.4 Å². The molecule has 5 nitrogen and oxygen atoms in total. The van der Waals surface area contributed by atoms with Gasteiger partial charge in [-0.3, -0.25) is 9.59 Å². The van der Waals surface area contributed by atoms with Gasteiger partial charge in [-0.1, -0.05) is 76.3 Å². The predicted octanol–water partition coefficient (Wildman–Crippen LogP) is 4.17. The number of Topliss-reactive ketones (excluding diaryl/α,β-unsaturated/α-hetero) is 1. The molecule has 1 aromatic rings. The fourth-order valence-electron chi connectivity index (χ4n) is 4.59. The molecule has 0 bridgehead atoms. The number of nitrogens with one attached hydrogen (secondary N) is 1. The van der Waals surface area contributed by atoms with Crippen molar-refractivity contribution in [3.8, 4) is 0 Å². The second-order valence-corrected chi connectivity index (χ2v) is 9.66. The van der Waals surface area contributed by atoms with E-state index in [0.29, 0.717) is 12.3 Å². The standard InChI is InChI=1S/C25H37F3N2O3/c1-16(2)19(23(32)25(26,27)28)15-22(31)21(14-18-11-7-4-8-12-18)30-24(33)20(29)13-17-9-5-3-6-10-17/h4,7-8,11-12,16-17,19-21,23,32H,3,5-6,9-10,13-15,29H2,1-2H3,(H,30,33)/t19-,20-,21-,23-/m0/s1. The number of alkyl halides is 3. The van der Waals surface area contributed by atoms with Crippen molar-refractivity contribution in [3.05, 3.63) is 35.9 Å². The molecule has 4 N–H and O–H groups in total. The van der Waals surface area contributed by atoms with Gasteiger partial charge in [-0.25, -0.2) is 0 Å². The molecule has 4 atom stereocenters. The third-order valence-corrected chi connectivity index (χ3v) is 6.67. The maximum atomic E-state index is 13.1. The van der Waals surface area contributed by atoms with Crippen LogP contribution < -0.4 is 11.1 Å². The molecular formula is C25H37F3N2O3. The number of benzene rings is 1. The average molecular weight is 471 g/mol. The lowest BCUT2D eigenvalue weighted by atomic mass is 9.83. The molecule has 1 aliphatic carbocycles. The van der Waals surface area contributed by atoms with Crippen molar-refractivity contribution in [1.29, 1.82) is 0 Å². The maximum absolute atomic E-state index is 13.1. The minimum Gasteiger partial charge on any atom is -0.383 e. The Labute approximate surface area is 194 Å². The summed E-state index contributed by atoms with van der Waals surface area (Å²) in [5.74, 6) is -2.52. The van der Waals surface area contributed by atoms with Crippen LogP contribution in [-0.2, 0) is 16.0 Å². The highest BCUT2D eigenvalue weighted by atomic mass is 19.4. The summed E-state index contributed by atoms with van der Waals surface area (Å²) >= 11 is 0. The zero-order chi connectivity index (χ0) is 24.6. The third kappa shape index (κ3) is 8.74. The van der Waals surface area contributed by atoms with Crippen LogP contribution in [0.1, 0.15) is 64.4 Å². The quantitative estimate of drug-likeness (QED) is 0.453. The van der Waals surface area contributed by atoms with Gasteiger partial charge in [0.1, 0.15) is 0 Å². The summed E-state index contributed by atoms with van der Waals surface area (Å²) in [4.78, 5) is 25.9. The van der Waals surface area contributed by atoms with Crippen LogP contribution in [0.4, 0.5) is 13.2 Å². The summed E-state index contributed by atoms with van der Waals surface area (Å²) in [6, 6.07) is 7.18. The first kappa shape index (κ1) is 27.3. The van der Waals surface area contributed by atoms with E-state index in [2.05, 4.69) is 5.32 Å². The fourth-order valence-corrected chi connectivity index (χ4v) is 4.59. The van der Waals surface area contributed by atoms with E-state index in [1.165, 1.54) is 20.3 Å². The van der Waals surface area contributed by atoms with Crippen molar-refractivity contribution < 1.29 is 27.9 Å². The Morgan fingerprint density at radius 1 is 1.12 bits per heavy atom. The second kappa shape index (κ2) is 12.5. The largest absolute Gasteiger partial charge is 0.414 e. The van der Waals surface area contributed by atoms with Crippen molar-refractivity contribution in [2.45, 2.75) is 89.6 Å². The molecule has 33 heavy (non-hydrogen) atoms. The summed E-state index contributed by atoms with van der Waals surface area (Å²) in [7, 11) is 0. The summed E-state index contributed by atoms with van der Waals surface area (Å²) in [6.45, 7) is 3.08. The lowest BCUT2D eigenvalue weighted by molar-refractivity contribution is -0.224. The molecule has 0 saturated heterocycles. The van der Waals surface area contributed by atoms with Crippen LogP contribution in [0.5, 0.6) is 0 Å². The van der Waals surface area contributed by atoms with E-state index < -0.39 is 54.3 Å². The molecule has 0 aliphatic heterocycles. The Morgan fingerprint density at radius 3 is 2.27 bits per heavy atom. The molecule has 1 fully saturated rings. The second-order valence-electron chi connectivity index (χ2n) is 9.66. The average Bonchev–Trinajstić information content (AvgIpc) is 2.76. The van der Waals surface area contributed by atoms with Crippen molar-refractivity contribution in [1.82, 2.24) is 5.32 Å². The van der Waals surface area contributed by atoms with E-state index in [9.17, 15) is 27.9 Å². The Kier molecular flexibility index (Phi) is 10.4. The molecular weight excluding hydrogens is 433 g/mol. The molecule has 1 amide bonds. The summed E-state index contributed by atoms with van der Waals surface area (Å²) in [5, 5.41) is 12.5. The van der Waals surface area contributed by atoms with Crippen LogP contribution in [0, 0.1) is 17.8 Å². The van der Waals surface area contributed by atoms with Gasteiger partial charge in [-0.2, -0.15) is 13.2 Å². The lowest BCUT2D eigenvalue weighted by Gasteiger charge is -2.29. The summed E-state index contributed by atoms with van der Waals surface area (Å²) in [5.41, 5.74) is 6.91. The van der Waals surface area contributed by atoms with E-state index in [4.69, 9.17) is 5.73 Å². The molecule has 1 aliphatic rings. The van der Waals surface area contributed by atoms with Crippen molar-refractivity contribution in [2.24, 2.45) is 23.5 Å². The van der Waals surface area contributed by atoms with Gasteiger partial charge in [-0.15, -0.1) is 0 Å². The van der Waals surface area contributed by atoms with E-state index in [0.717, 1.165) is 31.2 Å². The third-order valence-electron chi connectivity index (χ3n) is 6.67. The molecule has 0 spiro atoms. The minimum absolute atomic E-state index is 0.147. The first-order valence-corrected chi connectivity index (χ1v) is 11.9. The van der Waals surface area contributed by atoms with Gasteiger partial charge in [0.05, 0.1) is 12.1 Å². The van der Waals surface area contributed by atoms with Crippen LogP contribution in [0.15, 0.2) is 30.3 Å². The normalized spacial score (nSPS) is 19.0. The summed E-state index contributed by atoms with van der Waals surface area (Å²) in [6.07, 6.45) is -1.77. The monoisotopic (exact) mass is 470 g/mol. The molecule has 0 unspecified atom stereocenters. The highest BCUT2D eigenvalue weighted by Crippen LogP contribution is 2.32. The van der Waals surface area contributed by atoms with Gasteiger partial charge in [0.15, 0.2) is 11.9 Å². The van der Waals surface area contributed by atoms with Gasteiger partial charge in [-0.05, 0) is 30.2 Å². The van der Waals surface area contributed by atoms with E-state index in [1.54, 1.807) is 24.3 Å². The minimum atomic E-state index is -4.82. The highest BCUT2D eigenvalue weighted by Gasteiger charge is 2.45. The van der Waals surface area contributed by atoms with Crippen LogP contribution in [-0.4, -0.2) is 41.2 Å². The number of aliphatic hydroxyl groups excluding tert-OH is 1. The number of amides is 1. The number of hydrogen-bond donors (Lipinski definition) is 3. The number of nitrogens with two attached hydrogens (primary N) is 1. The SMILES string of the molecule is CC(C)[C@H](CC(=O)[C@H](Cc1ccccc1)NC(=O)[C@@H](N)CC1CCCCC1)[C@H](O)C(F)(F)F. The lowest BCUT2D eigenvalue weighted by Crippen LogP contribution is -2.51. The van der Waals surface area contributed by atoms with E-state index in [-0.39, 0.29) is 6.42 Å². The number of rotatable bonds is 11. The van der Waals surface area contributed by atoms with Crippen molar-refractivity contribution in [3.63, 3.8) is 0 Å². The zero-order valence-corrected chi connectivity index (χ0v) is 19.5. The Balaban J connectivity index is 2.13. The molecule has 2 rings (SSSR count). The molecule has 0 radical (unpaired) electrons. The van der Waals surface area contributed by atoms with Crippen LogP contribution >= 0.6 is 0 Å². The number of aliphatic hydroxyl groups is 1. The number of ketones is 1. The van der Waals surface area contributed by atoms with Crippen LogP contribution in [0.3, 0.4) is 0 Å². The first-order chi connectivity index (χ1) is 15.5. The Morgan fingerprint density at radius 2 is 1.73 bits per heavy atom. The van der Waals surface area contributed by atoms with Crippen LogP contribution in [0.25, 0.3) is 0 Å². The van der Waals surface area contributed by atoms with Gasteiger partial charge in [0.2, 0.25) is 5.91 Å². The maximum Gasteiger partial charge on any atom is 0.414 e. The number of carbonyl (C=O) groups excluding carboxylic acids is 2. The highest BCUT2D eigenvalue weighted by molar-refractivity contribution is 5.91. The molecule has 1 saturated carbocycles. The molecule has 0 heterocycles. The van der Waals surface area contributed by atoms with Crippen molar-refractivity contribution >= 4 is 11.7 Å². The predicted molar refractivity (Wildman–Crippen MR) is 121 cm³/mol. The van der Waals surface area contributed by atoms with Crippen LogP contribution in [0.2, 0.25) is 0 Å². The fraction of sp³-hybridized carbons (Fsp3) is 0.680. The van der Waals surface area contributed by atoms with Gasteiger partial charge in [0, 0.05) is 12.3 Å². The number of halogens is 3. The zero-order valence-electron chi connectivity index (χ0n) is 19.5. The van der Waals surface area contributed by atoms with Gasteiger partial charge in [0.25, 0.3) is 0 Å². The Hall–Kier alpha value is -1.93. The summed E-state index contributed by atoms with van der Waals surface area (Å²) < 4.78 is 39.4. The first-order valence-electron chi connectivity index (χ1n) is 11.9. The Bertz CT molecular complexity index is 749. The van der Waals surface area contributed by atoms with Crippen molar-refractivity contribution in [2.75, 3.05) is 0 Å². The smallest absolute Gasteiger partial charge is 0.383 e. The number of carbonyl (C=O) groups is 2. The van der Waals surface area contributed by atoms with E-state index in [1.807, 2.05) is 6.07 Å². The van der Waals surface area contributed by atoms with E-state index >= 15 is 0 Å².